The summed E-state index contributed by atoms with van der Waals surface area (Å²) >= 11 is 1.28. The predicted octanol–water partition coefficient (Wildman–Crippen LogP) is 4.74. The van der Waals surface area contributed by atoms with Crippen LogP contribution >= 0.6 is 11.3 Å². The molecule has 0 saturated heterocycles. The van der Waals surface area contributed by atoms with Gasteiger partial charge in [0.1, 0.15) is 17.5 Å². The van der Waals surface area contributed by atoms with Crippen LogP contribution in [0.2, 0.25) is 0 Å². The van der Waals surface area contributed by atoms with E-state index in [2.05, 4.69) is 4.98 Å². The first-order valence-corrected chi connectivity index (χ1v) is 14.3. The van der Waals surface area contributed by atoms with Crippen molar-refractivity contribution in [1.82, 2.24) is 9.55 Å². The number of esters is 1. The molecule has 1 N–H and O–H groups in total. The Balaban J connectivity index is 1.71. The number of hydrogen-bond donors (Lipinski definition) is 1. The van der Waals surface area contributed by atoms with Gasteiger partial charge in [0.15, 0.2) is 4.80 Å². The van der Waals surface area contributed by atoms with E-state index in [1.54, 1.807) is 43.9 Å². The highest BCUT2D eigenvalue weighted by Crippen LogP contribution is 2.40. The number of aromatic nitrogens is 2. The molecule has 3 heterocycles. The first-order valence-electron chi connectivity index (χ1n) is 13.5. The molecule has 0 aliphatic carbocycles. The smallest absolute Gasteiger partial charge is 0.338 e. The molecule has 212 valence electrons. The van der Waals surface area contributed by atoms with Crippen molar-refractivity contribution in [3.8, 4) is 11.5 Å². The number of aromatic amines is 1. The van der Waals surface area contributed by atoms with E-state index >= 15 is 0 Å². The maximum Gasteiger partial charge on any atom is 0.338 e. The van der Waals surface area contributed by atoms with Gasteiger partial charge in [0, 0.05) is 33.3 Å². The molecule has 5 aromatic rings. The first-order chi connectivity index (χ1) is 20.4. The summed E-state index contributed by atoms with van der Waals surface area (Å²) in [6, 6.07) is 21.9. The molecule has 1 atom stereocenters. The van der Waals surface area contributed by atoms with Gasteiger partial charge < -0.3 is 19.2 Å². The monoisotopic (exact) mass is 579 g/mol. The van der Waals surface area contributed by atoms with Crippen molar-refractivity contribution in [2.45, 2.75) is 19.9 Å². The molecule has 1 aliphatic rings. The van der Waals surface area contributed by atoms with Gasteiger partial charge in [0.25, 0.3) is 5.56 Å². The SMILES string of the molecule is CCOC(=O)C1=C(c2ccccc2)N=c2sc(=Cc3c(C)[nH]c4ccccc34)c(=O)n2C1c1cc(OC)ccc1OC. The fourth-order valence-electron chi connectivity index (χ4n) is 5.40. The third kappa shape index (κ3) is 4.61. The summed E-state index contributed by atoms with van der Waals surface area (Å²) in [4.78, 5) is 36.9. The van der Waals surface area contributed by atoms with Gasteiger partial charge in [-0.1, -0.05) is 59.9 Å². The van der Waals surface area contributed by atoms with Crippen molar-refractivity contribution in [3.63, 3.8) is 0 Å². The second kappa shape index (κ2) is 11.2. The number of nitrogens with one attached hydrogen (secondary N) is 1. The Morgan fingerprint density at radius 1 is 1.05 bits per heavy atom. The molecule has 0 fully saturated rings. The first kappa shape index (κ1) is 27.3. The number of nitrogens with zero attached hydrogens (tertiary/aromatic N) is 2. The molecule has 0 amide bonds. The fourth-order valence-corrected chi connectivity index (χ4v) is 6.39. The molecule has 9 heteroatoms. The highest BCUT2D eigenvalue weighted by molar-refractivity contribution is 7.07. The van der Waals surface area contributed by atoms with E-state index in [0.717, 1.165) is 27.7 Å². The van der Waals surface area contributed by atoms with Gasteiger partial charge in [-0.2, -0.15) is 0 Å². The van der Waals surface area contributed by atoms with Crippen molar-refractivity contribution in [3.05, 3.63) is 120 Å². The summed E-state index contributed by atoms with van der Waals surface area (Å²) in [7, 11) is 3.12. The van der Waals surface area contributed by atoms with Gasteiger partial charge in [-0.15, -0.1) is 0 Å². The van der Waals surface area contributed by atoms with Gasteiger partial charge in [-0.25, -0.2) is 9.79 Å². The zero-order chi connectivity index (χ0) is 29.4. The molecule has 0 bridgehead atoms. The second-order valence-electron chi connectivity index (χ2n) is 9.75. The lowest BCUT2D eigenvalue weighted by Crippen LogP contribution is -2.40. The number of ether oxygens (including phenoxy) is 3. The minimum atomic E-state index is -0.883. The molecular weight excluding hydrogens is 550 g/mol. The number of thiazole rings is 1. The number of methoxy groups -OCH3 is 2. The normalized spacial score (nSPS) is 15.0. The van der Waals surface area contributed by atoms with Crippen LogP contribution in [0.3, 0.4) is 0 Å². The second-order valence-corrected chi connectivity index (χ2v) is 10.8. The number of benzene rings is 3. The number of hydrogen-bond acceptors (Lipinski definition) is 7. The largest absolute Gasteiger partial charge is 0.497 e. The van der Waals surface area contributed by atoms with Crippen molar-refractivity contribution < 1.29 is 19.0 Å². The minimum absolute atomic E-state index is 0.163. The highest BCUT2D eigenvalue weighted by Gasteiger charge is 2.37. The van der Waals surface area contributed by atoms with Crippen LogP contribution in [0.5, 0.6) is 11.5 Å². The summed E-state index contributed by atoms with van der Waals surface area (Å²) in [6.45, 7) is 3.90. The Morgan fingerprint density at radius 2 is 1.81 bits per heavy atom. The molecular formula is C33H29N3O5S. The lowest BCUT2D eigenvalue weighted by atomic mass is 9.92. The van der Waals surface area contributed by atoms with Crippen LogP contribution in [-0.2, 0) is 9.53 Å². The van der Waals surface area contributed by atoms with Crippen molar-refractivity contribution in [2.24, 2.45) is 4.99 Å². The molecule has 1 unspecified atom stereocenters. The molecule has 6 rings (SSSR count). The van der Waals surface area contributed by atoms with Gasteiger partial charge in [-0.05, 0) is 44.2 Å². The summed E-state index contributed by atoms with van der Waals surface area (Å²) < 4.78 is 18.9. The lowest BCUT2D eigenvalue weighted by molar-refractivity contribution is -0.138. The summed E-state index contributed by atoms with van der Waals surface area (Å²) in [5, 5.41) is 1.02. The zero-order valence-corrected chi connectivity index (χ0v) is 24.5. The zero-order valence-electron chi connectivity index (χ0n) is 23.6. The molecule has 8 nitrogen and oxygen atoms in total. The molecule has 42 heavy (non-hydrogen) atoms. The maximum absolute atomic E-state index is 14.3. The lowest BCUT2D eigenvalue weighted by Gasteiger charge is -2.27. The topological polar surface area (TPSA) is 94.9 Å². The standard InChI is InChI=1S/C33H29N3O5S/c1-5-41-32(38)28-29(20-11-7-6-8-12-20)35-33-36(30(28)24-17-21(39-3)15-16-26(24)40-4)31(37)27(42-33)18-23-19(2)34-25-14-10-9-13-22(23)25/h6-18,30,34H,5H2,1-4H3. The van der Waals surface area contributed by atoms with Crippen molar-refractivity contribution >= 4 is 40.0 Å². The Labute approximate surface area is 245 Å². The average Bonchev–Trinajstić information content (AvgIpc) is 3.51. The maximum atomic E-state index is 14.3. The van der Waals surface area contributed by atoms with Crippen LogP contribution in [-0.4, -0.2) is 36.3 Å². The number of rotatable bonds is 7. The van der Waals surface area contributed by atoms with E-state index in [-0.39, 0.29) is 17.7 Å². The molecule has 2 aromatic heterocycles. The number of fused-ring (bicyclic) bond motifs is 2. The van der Waals surface area contributed by atoms with E-state index in [0.29, 0.717) is 32.1 Å². The summed E-state index contributed by atoms with van der Waals surface area (Å²) in [6.07, 6.45) is 1.90. The van der Waals surface area contributed by atoms with Gasteiger partial charge in [0.2, 0.25) is 0 Å². The van der Waals surface area contributed by atoms with Crippen LogP contribution in [0.4, 0.5) is 0 Å². The van der Waals surface area contributed by atoms with Gasteiger partial charge in [-0.3, -0.25) is 9.36 Å². The van der Waals surface area contributed by atoms with Crippen LogP contribution in [0.25, 0.3) is 22.7 Å². The average molecular weight is 580 g/mol. The third-order valence-electron chi connectivity index (χ3n) is 7.32. The van der Waals surface area contributed by atoms with Crippen LogP contribution in [0, 0.1) is 6.92 Å². The predicted molar refractivity (Wildman–Crippen MR) is 164 cm³/mol. The van der Waals surface area contributed by atoms with E-state index in [1.807, 2.05) is 67.6 Å². The molecule has 0 spiro atoms. The summed E-state index contributed by atoms with van der Waals surface area (Å²) in [5.41, 5.74) is 4.61. The van der Waals surface area contributed by atoms with Crippen molar-refractivity contribution in [1.29, 1.82) is 0 Å². The Kier molecular flexibility index (Phi) is 7.26. The van der Waals surface area contributed by atoms with E-state index in [1.165, 1.54) is 11.3 Å². The minimum Gasteiger partial charge on any atom is -0.497 e. The molecule has 0 radical (unpaired) electrons. The molecule has 0 saturated carbocycles. The Bertz CT molecular complexity index is 2040. The molecule has 1 aliphatic heterocycles. The van der Waals surface area contributed by atoms with Crippen LogP contribution in [0.1, 0.15) is 35.3 Å². The highest BCUT2D eigenvalue weighted by atomic mass is 32.1. The van der Waals surface area contributed by atoms with E-state index in [9.17, 15) is 9.59 Å². The van der Waals surface area contributed by atoms with E-state index in [4.69, 9.17) is 19.2 Å². The van der Waals surface area contributed by atoms with E-state index < -0.39 is 12.0 Å². The van der Waals surface area contributed by atoms with Gasteiger partial charge >= 0.3 is 5.97 Å². The number of carbonyl (C=O) groups is 1. The Morgan fingerprint density at radius 3 is 2.55 bits per heavy atom. The van der Waals surface area contributed by atoms with Gasteiger partial charge in [0.05, 0.1) is 36.6 Å². The van der Waals surface area contributed by atoms with Crippen LogP contribution < -0.4 is 24.4 Å². The quantitative estimate of drug-likeness (QED) is 0.281. The van der Waals surface area contributed by atoms with Crippen molar-refractivity contribution in [2.75, 3.05) is 20.8 Å². The number of aryl methyl sites for hydroxylation is 1. The Hall–Kier alpha value is -4.89. The van der Waals surface area contributed by atoms with Crippen LogP contribution in [0.15, 0.2) is 88.2 Å². The third-order valence-corrected chi connectivity index (χ3v) is 8.31. The number of para-hydroxylation sites is 1. The number of H-pyrrole nitrogens is 1. The number of carbonyl (C=O) groups excluding carboxylic acids is 1. The fraction of sp³-hybridized carbons (Fsp3) is 0.182. The molecule has 3 aromatic carbocycles. The summed E-state index contributed by atoms with van der Waals surface area (Å²) in [5.74, 6) is 0.500.